The summed E-state index contributed by atoms with van der Waals surface area (Å²) in [6.07, 6.45) is 6.95. The average Bonchev–Trinajstić information content (AvgIpc) is 2.88. The van der Waals surface area contributed by atoms with E-state index in [1.807, 2.05) is 7.11 Å². The molecule has 4 nitrogen and oxygen atoms in total. The van der Waals surface area contributed by atoms with Gasteiger partial charge in [-0.05, 0) is 44.7 Å². The summed E-state index contributed by atoms with van der Waals surface area (Å²) in [5.74, 6) is 0.676. The van der Waals surface area contributed by atoms with Gasteiger partial charge in [0.05, 0.1) is 6.10 Å². The summed E-state index contributed by atoms with van der Waals surface area (Å²) in [6, 6.07) is 0.687. The molecule has 4 heteroatoms. The Labute approximate surface area is 123 Å². The number of rotatable bonds is 3. The Hall–Kier alpha value is -0.160. The number of methoxy groups -OCH3 is 1. The summed E-state index contributed by atoms with van der Waals surface area (Å²) in [5.41, 5.74) is 6.54. The highest BCUT2D eigenvalue weighted by molar-refractivity contribution is 5.09. The average molecular weight is 281 g/mol. The Morgan fingerprint density at radius 3 is 2.80 bits per heavy atom. The lowest BCUT2D eigenvalue weighted by molar-refractivity contribution is -0.0573. The molecular weight excluding hydrogens is 250 g/mol. The smallest absolute Gasteiger partial charge is 0.0724 e. The minimum atomic E-state index is 0.220. The Morgan fingerprint density at radius 2 is 2.05 bits per heavy atom. The molecule has 3 saturated heterocycles. The van der Waals surface area contributed by atoms with Crippen molar-refractivity contribution >= 4 is 0 Å². The van der Waals surface area contributed by atoms with Gasteiger partial charge in [0.1, 0.15) is 0 Å². The molecule has 0 aliphatic carbocycles. The molecule has 3 rings (SSSR count). The number of piperidine rings is 2. The molecule has 2 N–H and O–H groups in total. The highest BCUT2D eigenvalue weighted by atomic mass is 16.5. The van der Waals surface area contributed by atoms with Crippen molar-refractivity contribution in [3.05, 3.63) is 0 Å². The van der Waals surface area contributed by atoms with E-state index in [1.54, 1.807) is 0 Å². The maximum absolute atomic E-state index is 6.32. The molecular formula is C16H31N3O. The summed E-state index contributed by atoms with van der Waals surface area (Å²) < 4.78 is 5.72. The fourth-order valence-electron chi connectivity index (χ4n) is 4.85. The van der Waals surface area contributed by atoms with Crippen molar-refractivity contribution < 1.29 is 4.74 Å². The quantitative estimate of drug-likeness (QED) is 0.847. The van der Waals surface area contributed by atoms with Crippen LogP contribution in [0.2, 0.25) is 0 Å². The van der Waals surface area contributed by atoms with Crippen molar-refractivity contribution in [1.82, 2.24) is 9.80 Å². The maximum atomic E-state index is 6.32. The van der Waals surface area contributed by atoms with E-state index >= 15 is 0 Å². The monoisotopic (exact) mass is 281 g/mol. The lowest BCUT2D eigenvalue weighted by Gasteiger charge is -2.51. The van der Waals surface area contributed by atoms with Crippen molar-refractivity contribution in [2.45, 2.75) is 56.7 Å². The van der Waals surface area contributed by atoms with E-state index in [9.17, 15) is 0 Å². The lowest BCUT2D eigenvalue weighted by Crippen LogP contribution is -2.65. The van der Waals surface area contributed by atoms with Crippen LogP contribution in [0, 0.1) is 5.92 Å². The molecule has 116 valence electrons. The summed E-state index contributed by atoms with van der Waals surface area (Å²) in [6.45, 7) is 7.92. The van der Waals surface area contributed by atoms with E-state index in [-0.39, 0.29) is 5.54 Å². The van der Waals surface area contributed by atoms with Gasteiger partial charge in [-0.3, -0.25) is 9.80 Å². The Kier molecular flexibility index (Phi) is 4.37. The van der Waals surface area contributed by atoms with Gasteiger partial charge in [-0.2, -0.15) is 0 Å². The molecule has 0 saturated carbocycles. The third-order valence-electron chi connectivity index (χ3n) is 6.24. The number of nitrogens with two attached hydrogens (primary N) is 1. The molecule has 0 spiro atoms. The number of hydrogen-bond donors (Lipinski definition) is 1. The first kappa shape index (κ1) is 14.8. The molecule has 3 heterocycles. The molecule has 0 amide bonds. The zero-order valence-electron chi connectivity index (χ0n) is 13.2. The van der Waals surface area contributed by atoms with Crippen molar-refractivity contribution in [3.63, 3.8) is 0 Å². The number of hydrogen-bond acceptors (Lipinski definition) is 4. The molecule has 4 atom stereocenters. The first-order valence-corrected chi connectivity index (χ1v) is 8.43. The van der Waals surface area contributed by atoms with Crippen molar-refractivity contribution in [2.75, 3.05) is 39.8 Å². The van der Waals surface area contributed by atoms with Gasteiger partial charge in [-0.25, -0.2) is 0 Å². The zero-order valence-corrected chi connectivity index (χ0v) is 13.2. The van der Waals surface area contributed by atoms with Gasteiger partial charge >= 0.3 is 0 Å². The van der Waals surface area contributed by atoms with E-state index in [0.29, 0.717) is 18.1 Å². The summed E-state index contributed by atoms with van der Waals surface area (Å²) in [7, 11) is 1.86. The van der Waals surface area contributed by atoms with E-state index in [2.05, 4.69) is 16.7 Å². The molecule has 3 aliphatic rings. The number of ether oxygens (including phenoxy) is 1. The topological polar surface area (TPSA) is 41.7 Å². The van der Waals surface area contributed by atoms with Crippen LogP contribution >= 0.6 is 0 Å². The second-order valence-corrected chi connectivity index (χ2v) is 7.09. The van der Waals surface area contributed by atoms with Gasteiger partial charge in [0.2, 0.25) is 0 Å². The predicted octanol–water partition coefficient (Wildman–Crippen LogP) is 1.30. The minimum absolute atomic E-state index is 0.220. The van der Waals surface area contributed by atoms with Gasteiger partial charge in [-0.15, -0.1) is 0 Å². The molecule has 0 radical (unpaired) electrons. The van der Waals surface area contributed by atoms with Gasteiger partial charge in [-0.1, -0.05) is 13.3 Å². The first-order chi connectivity index (χ1) is 9.71. The lowest BCUT2D eigenvalue weighted by atomic mass is 9.81. The van der Waals surface area contributed by atoms with Crippen LogP contribution < -0.4 is 5.73 Å². The van der Waals surface area contributed by atoms with Crippen molar-refractivity contribution in [1.29, 1.82) is 0 Å². The number of nitrogens with zero attached hydrogens (tertiary/aromatic N) is 2. The molecule has 0 aromatic carbocycles. The second-order valence-electron chi connectivity index (χ2n) is 7.09. The van der Waals surface area contributed by atoms with E-state index < -0.39 is 0 Å². The van der Waals surface area contributed by atoms with Crippen LogP contribution in [0.1, 0.15) is 39.0 Å². The van der Waals surface area contributed by atoms with Crippen LogP contribution in [-0.2, 0) is 4.74 Å². The third-order valence-corrected chi connectivity index (χ3v) is 6.24. The van der Waals surface area contributed by atoms with Gasteiger partial charge in [0, 0.05) is 38.3 Å². The third kappa shape index (κ3) is 2.31. The van der Waals surface area contributed by atoms with E-state index in [4.69, 9.17) is 10.5 Å². The largest absolute Gasteiger partial charge is 0.380 e. The molecule has 4 unspecified atom stereocenters. The van der Waals surface area contributed by atoms with Crippen LogP contribution in [0.3, 0.4) is 0 Å². The Bertz CT molecular complexity index is 338. The van der Waals surface area contributed by atoms with Crippen molar-refractivity contribution in [2.24, 2.45) is 11.7 Å². The minimum Gasteiger partial charge on any atom is -0.380 e. The molecule has 0 aromatic heterocycles. The van der Waals surface area contributed by atoms with Crippen molar-refractivity contribution in [3.8, 4) is 0 Å². The first-order valence-electron chi connectivity index (χ1n) is 8.43. The summed E-state index contributed by atoms with van der Waals surface area (Å²) in [5, 5.41) is 0. The number of fused-ring (bicyclic) bond motifs is 1. The predicted molar refractivity (Wildman–Crippen MR) is 81.8 cm³/mol. The number of likely N-dealkylation sites (tertiary alicyclic amines) is 1. The van der Waals surface area contributed by atoms with Gasteiger partial charge in [0.15, 0.2) is 0 Å². The highest BCUT2D eigenvalue weighted by Gasteiger charge is 2.51. The SMILES string of the molecule is COC1CN(C2(CN)CCN3CCCCC32)CCC1C. The van der Waals surface area contributed by atoms with Crippen LogP contribution in [0.5, 0.6) is 0 Å². The summed E-state index contributed by atoms with van der Waals surface area (Å²) in [4.78, 5) is 5.40. The molecule has 3 fully saturated rings. The van der Waals surface area contributed by atoms with E-state index in [0.717, 1.165) is 13.1 Å². The molecule has 20 heavy (non-hydrogen) atoms. The highest BCUT2D eigenvalue weighted by Crippen LogP contribution is 2.40. The fourth-order valence-corrected chi connectivity index (χ4v) is 4.85. The van der Waals surface area contributed by atoms with Crippen LogP contribution in [0.25, 0.3) is 0 Å². The maximum Gasteiger partial charge on any atom is 0.0724 e. The Balaban J connectivity index is 1.78. The van der Waals surface area contributed by atoms with Crippen LogP contribution in [0.15, 0.2) is 0 Å². The van der Waals surface area contributed by atoms with Gasteiger partial charge in [0.25, 0.3) is 0 Å². The molecule has 3 aliphatic heterocycles. The molecule has 0 bridgehead atoms. The van der Waals surface area contributed by atoms with Crippen LogP contribution in [-0.4, -0.2) is 67.3 Å². The molecule has 0 aromatic rings. The van der Waals surface area contributed by atoms with Gasteiger partial charge < -0.3 is 10.5 Å². The summed E-state index contributed by atoms with van der Waals surface area (Å²) >= 11 is 0. The zero-order chi connectivity index (χ0) is 14.2. The standard InChI is InChI=1S/C16H31N3O/c1-13-6-9-19(11-14(13)20-2)16(12-17)7-10-18-8-4-3-5-15(16)18/h13-15H,3-12,17H2,1-2H3. The van der Waals surface area contributed by atoms with E-state index in [1.165, 1.54) is 51.7 Å². The normalized spacial score (nSPS) is 43.6. The van der Waals surface area contributed by atoms with Crippen LogP contribution in [0.4, 0.5) is 0 Å². The second kappa shape index (κ2) is 5.91. The fraction of sp³-hybridized carbons (Fsp3) is 1.00. The Morgan fingerprint density at radius 1 is 1.20 bits per heavy atom.